The molecular weight excluding hydrogens is 306 g/mol. The first-order chi connectivity index (χ1) is 11.6. The van der Waals surface area contributed by atoms with Crippen molar-refractivity contribution < 1.29 is 9.53 Å². The SMILES string of the molecule is CC(C)COc1ncccc1C(=O)N1CCC[C@@H](n2cncn2)C1. The molecule has 7 heteroatoms. The third kappa shape index (κ3) is 3.72. The van der Waals surface area contributed by atoms with Gasteiger partial charge < -0.3 is 9.64 Å². The summed E-state index contributed by atoms with van der Waals surface area (Å²) in [7, 11) is 0. The molecule has 1 atom stereocenters. The molecule has 0 radical (unpaired) electrons. The van der Waals surface area contributed by atoms with Gasteiger partial charge in [-0.15, -0.1) is 0 Å². The lowest BCUT2D eigenvalue weighted by atomic mass is 10.0. The van der Waals surface area contributed by atoms with Gasteiger partial charge in [0.2, 0.25) is 5.88 Å². The van der Waals surface area contributed by atoms with Crippen molar-refractivity contribution in [2.24, 2.45) is 5.92 Å². The highest BCUT2D eigenvalue weighted by Crippen LogP contribution is 2.24. The normalized spacial score (nSPS) is 18.0. The number of amides is 1. The minimum absolute atomic E-state index is 0.0355. The molecule has 0 unspecified atom stereocenters. The predicted molar refractivity (Wildman–Crippen MR) is 88.8 cm³/mol. The zero-order chi connectivity index (χ0) is 16.9. The van der Waals surface area contributed by atoms with E-state index in [0.717, 1.165) is 19.4 Å². The summed E-state index contributed by atoms with van der Waals surface area (Å²) < 4.78 is 7.56. The summed E-state index contributed by atoms with van der Waals surface area (Å²) in [6.45, 7) is 6.04. The molecule has 3 rings (SSSR count). The number of pyridine rings is 1. The van der Waals surface area contributed by atoms with Gasteiger partial charge in [0.1, 0.15) is 18.2 Å². The monoisotopic (exact) mass is 329 g/mol. The van der Waals surface area contributed by atoms with Gasteiger partial charge in [-0.1, -0.05) is 13.8 Å². The Morgan fingerprint density at radius 1 is 1.46 bits per heavy atom. The van der Waals surface area contributed by atoms with E-state index in [4.69, 9.17) is 4.74 Å². The number of aromatic nitrogens is 4. The molecule has 1 saturated heterocycles. The Bertz CT molecular complexity index is 671. The molecule has 24 heavy (non-hydrogen) atoms. The maximum atomic E-state index is 12.9. The summed E-state index contributed by atoms with van der Waals surface area (Å²) in [6, 6.07) is 3.72. The average molecular weight is 329 g/mol. The molecule has 7 nitrogen and oxygen atoms in total. The van der Waals surface area contributed by atoms with Crippen molar-refractivity contribution in [2.75, 3.05) is 19.7 Å². The molecule has 1 fully saturated rings. The lowest BCUT2D eigenvalue weighted by Crippen LogP contribution is -2.41. The fourth-order valence-electron chi connectivity index (χ4n) is 2.85. The zero-order valence-corrected chi connectivity index (χ0v) is 14.1. The summed E-state index contributed by atoms with van der Waals surface area (Å²) in [4.78, 5) is 23.0. The number of ether oxygens (including phenoxy) is 1. The third-order valence-corrected chi connectivity index (χ3v) is 4.05. The Morgan fingerprint density at radius 3 is 3.08 bits per heavy atom. The van der Waals surface area contributed by atoms with E-state index in [1.807, 2.05) is 9.58 Å². The lowest BCUT2D eigenvalue weighted by molar-refractivity contribution is 0.0666. The summed E-state index contributed by atoms with van der Waals surface area (Å²) in [6.07, 6.45) is 6.83. The van der Waals surface area contributed by atoms with E-state index >= 15 is 0 Å². The molecule has 1 aliphatic rings. The number of piperidine rings is 1. The quantitative estimate of drug-likeness (QED) is 0.840. The molecule has 0 bridgehead atoms. The molecule has 0 aliphatic carbocycles. The van der Waals surface area contributed by atoms with Gasteiger partial charge in [0.25, 0.3) is 5.91 Å². The zero-order valence-electron chi connectivity index (χ0n) is 14.1. The standard InChI is InChI=1S/C17H23N5O2/c1-13(2)10-24-16-15(6-3-7-19-16)17(23)21-8-4-5-14(9-21)22-12-18-11-20-22/h3,6-7,11-14H,4-5,8-10H2,1-2H3/t14-/m1/s1. The van der Waals surface area contributed by atoms with Crippen LogP contribution in [-0.4, -0.2) is 50.3 Å². The maximum absolute atomic E-state index is 12.9. The highest BCUT2D eigenvalue weighted by atomic mass is 16.5. The second-order valence-electron chi connectivity index (χ2n) is 6.48. The van der Waals surface area contributed by atoms with Crippen molar-refractivity contribution in [1.82, 2.24) is 24.6 Å². The van der Waals surface area contributed by atoms with E-state index in [2.05, 4.69) is 28.9 Å². The minimum Gasteiger partial charge on any atom is -0.477 e. The van der Waals surface area contributed by atoms with Crippen LogP contribution in [0, 0.1) is 5.92 Å². The Kier molecular flexibility index (Phi) is 5.08. The molecule has 2 aromatic heterocycles. The fraction of sp³-hybridized carbons (Fsp3) is 0.529. The van der Waals surface area contributed by atoms with Gasteiger partial charge in [-0.3, -0.25) is 4.79 Å². The van der Waals surface area contributed by atoms with Crippen molar-refractivity contribution >= 4 is 5.91 Å². The van der Waals surface area contributed by atoms with Crippen molar-refractivity contribution in [3.05, 3.63) is 36.5 Å². The van der Waals surface area contributed by atoms with Crippen molar-refractivity contribution in [2.45, 2.75) is 32.7 Å². The van der Waals surface area contributed by atoms with Gasteiger partial charge in [-0.2, -0.15) is 5.10 Å². The van der Waals surface area contributed by atoms with Crippen LogP contribution in [0.4, 0.5) is 0 Å². The van der Waals surface area contributed by atoms with Crippen LogP contribution >= 0.6 is 0 Å². The first-order valence-corrected chi connectivity index (χ1v) is 8.36. The third-order valence-electron chi connectivity index (χ3n) is 4.05. The fourth-order valence-corrected chi connectivity index (χ4v) is 2.85. The smallest absolute Gasteiger partial charge is 0.259 e. The Morgan fingerprint density at radius 2 is 2.33 bits per heavy atom. The molecule has 2 aromatic rings. The number of nitrogens with zero attached hydrogens (tertiary/aromatic N) is 5. The number of hydrogen-bond donors (Lipinski definition) is 0. The van der Waals surface area contributed by atoms with Crippen LogP contribution < -0.4 is 4.74 Å². The molecule has 0 N–H and O–H groups in total. The van der Waals surface area contributed by atoms with Gasteiger partial charge in [-0.25, -0.2) is 14.6 Å². The second-order valence-corrected chi connectivity index (χ2v) is 6.48. The van der Waals surface area contributed by atoms with Crippen molar-refractivity contribution in [1.29, 1.82) is 0 Å². The van der Waals surface area contributed by atoms with Crippen LogP contribution in [0.3, 0.4) is 0 Å². The molecule has 128 valence electrons. The van der Waals surface area contributed by atoms with Gasteiger partial charge in [0.05, 0.1) is 12.6 Å². The minimum atomic E-state index is -0.0355. The Hall–Kier alpha value is -2.44. The van der Waals surface area contributed by atoms with Crippen molar-refractivity contribution in [3.8, 4) is 5.88 Å². The lowest BCUT2D eigenvalue weighted by Gasteiger charge is -2.32. The predicted octanol–water partition coefficient (Wildman–Crippen LogP) is 2.19. The van der Waals surface area contributed by atoms with Crippen LogP contribution in [-0.2, 0) is 0 Å². The summed E-state index contributed by atoms with van der Waals surface area (Å²) in [5.74, 6) is 0.757. The number of likely N-dealkylation sites (tertiary alicyclic amines) is 1. The summed E-state index contributed by atoms with van der Waals surface area (Å²) in [5, 5.41) is 4.20. The van der Waals surface area contributed by atoms with E-state index in [-0.39, 0.29) is 11.9 Å². The van der Waals surface area contributed by atoms with Gasteiger partial charge >= 0.3 is 0 Å². The maximum Gasteiger partial charge on any atom is 0.259 e. The molecule has 0 aromatic carbocycles. The molecule has 3 heterocycles. The van der Waals surface area contributed by atoms with Gasteiger partial charge in [0, 0.05) is 19.3 Å². The number of hydrogen-bond acceptors (Lipinski definition) is 5. The van der Waals surface area contributed by atoms with E-state index in [9.17, 15) is 4.79 Å². The first kappa shape index (κ1) is 16.4. The van der Waals surface area contributed by atoms with Crippen LogP contribution in [0.2, 0.25) is 0 Å². The number of carbonyl (C=O) groups excluding carboxylic acids is 1. The van der Waals surface area contributed by atoms with Crippen LogP contribution in [0.15, 0.2) is 31.0 Å². The highest BCUT2D eigenvalue weighted by molar-refractivity contribution is 5.96. The molecule has 1 amide bonds. The second kappa shape index (κ2) is 7.42. The highest BCUT2D eigenvalue weighted by Gasteiger charge is 2.27. The number of rotatable bonds is 5. The van der Waals surface area contributed by atoms with Crippen LogP contribution in [0.1, 0.15) is 43.1 Å². The Balaban J connectivity index is 1.74. The Labute approximate surface area is 141 Å². The average Bonchev–Trinajstić information content (AvgIpc) is 3.14. The summed E-state index contributed by atoms with van der Waals surface area (Å²) >= 11 is 0. The van der Waals surface area contributed by atoms with E-state index in [1.165, 1.54) is 6.33 Å². The number of carbonyl (C=O) groups is 1. The van der Waals surface area contributed by atoms with E-state index in [1.54, 1.807) is 24.7 Å². The summed E-state index contributed by atoms with van der Waals surface area (Å²) in [5.41, 5.74) is 0.525. The van der Waals surface area contributed by atoms with Crippen LogP contribution in [0.25, 0.3) is 0 Å². The first-order valence-electron chi connectivity index (χ1n) is 8.36. The van der Waals surface area contributed by atoms with Crippen molar-refractivity contribution in [3.63, 3.8) is 0 Å². The molecular formula is C17H23N5O2. The molecule has 0 saturated carbocycles. The largest absolute Gasteiger partial charge is 0.477 e. The van der Waals surface area contributed by atoms with Gasteiger partial charge in [0.15, 0.2) is 0 Å². The van der Waals surface area contributed by atoms with E-state index in [0.29, 0.717) is 30.5 Å². The van der Waals surface area contributed by atoms with Crippen LogP contribution in [0.5, 0.6) is 5.88 Å². The molecule has 0 spiro atoms. The van der Waals surface area contributed by atoms with Gasteiger partial charge in [-0.05, 0) is 30.9 Å². The molecule has 1 aliphatic heterocycles. The topological polar surface area (TPSA) is 73.1 Å². The van der Waals surface area contributed by atoms with E-state index < -0.39 is 0 Å².